The van der Waals surface area contributed by atoms with Gasteiger partial charge in [0.2, 0.25) is 0 Å². The van der Waals surface area contributed by atoms with Crippen LogP contribution in [0.4, 0.5) is 0 Å². The summed E-state index contributed by atoms with van der Waals surface area (Å²) in [4.78, 5) is 12.3. The summed E-state index contributed by atoms with van der Waals surface area (Å²) in [6.45, 7) is 0. The number of carbonyl (C=O) groups is 1. The molecular formula is C12H7Cl3O2S. The van der Waals surface area contributed by atoms with Gasteiger partial charge in [-0.05, 0) is 24.3 Å². The fraction of sp³-hybridized carbons (Fsp3) is 0.0833. The van der Waals surface area contributed by atoms with Crippen LogP contribution in [-0.4, -0.2) is 12.9 Å². The number of hydrogen-bond donors (Lipinski definition) is 0. The van der Waals surface area contributed by atoms with Gasteiger partial charge in [0.05, 0.1) is 22.6 Å². The minimum absolute atomic E-state index is 0.239. The standard InChI is InChI=1S/C12H7Cl3O2S/c1-17-9-4-6(13)2-3-7(9)11(16)8-5-10(14)18-12(8)15/h2-5H,1H3. The van der Waals surface area contributed by atoms with E-state index in [1.807, 2.05) is 0 Å². The molecule has 0 amide bonds. The van der Waals surface area contributed by atoms with Crippen LogP contribution in [0.2, 0.25) is 13.7 Å². The molecule has 0 atom stereocenters. The molecule has 2 rings (SSSR count). The quantitative estimate of drug-likeness (QED) is 0.748. The first-order valence-electron chi connectivity index (χ1n) is 4.86. The molecule has 2 nitrogen and oxygen atoms in total. The van der Waals surface area contributed by atoms with Crippen LogP contribution in [0.1, 0.15) is 15.9 Å². The zero-order valence-corrected chi connectivity index (χ0v) is 12.3. The molecule has 1 aromatic carbocycles. The highest BCUT2D eigenvalue weighted by Gasteiger charge is 2.19. The highest BCUT2D eigenvalue weighted by Crippen LogP contribution is 2.34. The smallest absolute Gasteiger partial charge is 0.199 e. The predicted octanol–water partition coefficient (Wildman–Crippen LogP) is 4.95. The third-order valence-electron chi connectivity index (χ3n) is 2.31. The van der Waals surface area contributed by atoms with Crippen LogP contribution in [0.25, 0.3) is 0 Å². The molecule has 0 aliphatic rings. The van der Waals surface area contributed by atoms with Gasteiger partial charge >= 0.3 is 0 Å². The Labute approximate surface area is 123 Å². The molecule has 0 radical (unpaired) electrons. The molecule has 0 saturated carbocycles. The van der Waals surface area contributed by atoms with Gasteiger partial charge in [-0.1, -0.05) is 34.8 Å². The number of methoxy groups -OCH3 is 1. The fourth-order valence-electron chi connectivity index (χ4n) is 1.49. The van der Waals surface area contributed by atoms with Gasteiger partial charge in [-0.3, -0.25) is 4.79 Å². The molecule has 0 N–H and O–H groups in total. The Hall–Kier alpha value is -0.740. The molecule has 18 heavy (non-hydrogen) atoms. The highest BCUT2D eigenvalue weighted by atomic mass is 35.5. The van der Waals surface area contributed by atoms with Gasteiger partial charge in [0, 0.05) is 5.02 Å². The molecular weight excluding hydrogens is 315 g/mol. The third kappa shape index (κ3) is 2.64. The normalized spacial score (nSPS) is 10.4. The number of halogens is 3. The number of benzene rings is 1. The van der Waals surface area contributed by atoms with E-state index < -0.39 is 0 Å². The van der Waals surface area contributed by atoms with E-state index in [0.717, 1.165) is 11.3 Å². The summed E-state index contributed by atoms with van der Waals surface area (Å²) in [7, 11) is 1.48. The van der Waals surface area contributed by atoms with Gasteiger partial charge in [0.1, 0.15) is 10.1 Å². The van der Waals surface area contributed by atoms with Crippen molar-refractivity contribution >= 4 is 51.9 Å². The fourth-order valence-corrected chi connectivity index (χ4v) is 3.11. The Balaban J connectivity index is 2.49. The minimum Gasteiger partial charge on any atom is -0.496 e. The van der Waals surface area contributed by atoms with Crippen LogP contribution in [0.3, 0.4) is 0 Å². The van der Waals surface area contributed by atoms with Crippen molar-refractivity contribution in [2.75, 3.05) is 7.11 Å². The first kappa shape index (κ1) is 13.7. The van der Waals surface area contributed by atoms with Crippen LogP contribution in [-0.2, 0) is 0 Å². The van der Waals surface area contributed by atoms with E-state index in [2.05, 4.69) is 0 Å². The maximum absolute atomic E-state index is 12.3. The zero-order chi connectivity index (χ0) is 13.3. The monoisotopic (exact) mass is 320 g/mol. The zero-order valence-electron chi connectivity index (χ0n) is 9.17. The first-order chi connectivity index (χ1) is 8.52. The number of ether oxygens (including phenoxy) is 1. The average Bonchev–Trinajstić information content (AvgIpc) is 2.67. The second kappa shape index (κ2) is 5.49. The van der Waals surface area contributed by atoms with Gasteiger partial charge in [-0.15, -0.1) is 11.3 Å². The Kier molecular flexibility index (Phi) is 4.17. The van der Waals surface area contributed by atoms with Crippen molar-refractivity contribution in [3.05, 3.63) is 49.1 Å². The maximum Gasteiger partial charge on any atom is 0.199 e. The summed E-state index contributed by atoms with van der Waals surface area (Å²) in [5, 5.41) is 0.498. The molecule has 0 aliphatic carbocycles. The topological polar surface area (TPSA) is 26.3 Å². The molecule has 0 spiro atoms. The van der Waals surface area contributed by atoms with E-state index >= 15 is 0 Å². The van der Waals surface area contributed by atoms with Crippen LogP contribution in [0.15, 0.2) is 24.3 Å². The molecule has 94 valence electrons. The molecule has 0 bridgehead atoms. The van der Waals surface area contributed by atoms with Gasteiger partial charge in [-0.25, -0.2) is 0 Å². The van der Waals surface area contributed by atoms with Crippen molar-refractivity contribution in [3.63, 3.8) is 0 Å². The molecule has 0 saturated heterocycles. The molecule has 1 aromatic heterocycles. The lowest BCUT2D eigenvalue weighted by molar-refractivity contribution is 0.103. The lowest BCUT2D eigenvalue weighted by atomic mass is 10.1. The average molecular weight is 322 g/mol. The van der Waals surface area contributed by atoms with Gasteiger partial charge in [0.25, 0.3) is 0 Å². The van der Waals surface area contributed by atoms with Crippen molar-refractivity contribution in [1.29, 1.82) is 0 Å². The molecule has 0 unspecified atom stereocenters. The van der Waals surface area contributed by atoms with Gasteiger partial charge < -0.3 is 4.74 Å². The van der Waals surface area contributed by atoms with Crippen molar-refractivity contribution < 1.29 is 9.53 Å². The van der Waals surface area contributed by atoms with Crippen molar-refractivity contribution in [1.82, 2.24) is 0 Å². The van der Waals surface area contributed by atoms with Crippen molar-refractivity contribution in [2.45, 2.75) is 0 Å². The Bertz CT molecular complexity index is 607. The summed E-state index contributed by atoms with van der Waals surface area (Å²) >= 11 is 18.8. The molecule has 0 fully saturated rings. The van der Waals surface area contributed by atoms with Crippen molar-refractivity contribution in [2.24, 2.45) is 0 Å². The van der Waals surface area contributed by atoms with E-state index in [1.54, 1.807) is 24.3 Å². The Morgan fingerprint density at radius 3 is 2.44 bits per heavy atom. The van der Waals surface area contributed by atoms with Crippen LogP contribution in [0, 0.1) is 0 Å². The minimum atomic E-state index is -0.239. The summed E-state index contributed by atoms with van der Waals surface area (Å²) in [6.07, 6.45) is 0. The lowest BCUT2D eigenvalue weighted by Gasteiger charge is -2.07. The number of hydrogen-bond acceptors (Lipinski definition) is 3. The summed E-state index contributed by atoms with van der Waals surface area (Å²) < 4.78 is 5.97. The molecule has 0 aliphatic heterocycles. The number of rotatable bonds is 3. The first-order valence-corrected chi connectivity index (χ1v) is 6.81. The molecule has 1 heterocycles. The molecule has 6 heteroatoms. The van der Waals surface area contributed by atoms with Crippen LogP contribution >= 0.6 is 46.1 Å². The number of thiophene rings is 1. The summed E-state index contributed by atoms with van der Waals surface area (Å²) in [5.41, 5.74) is 0.769. The second-order valence-corrected chi connectivity index (χ2v) is 6.13. The number of ketones is 1. The van der Waals surface area contributed by atoms with Gasteiger partial charge in [-0.2, -0.15) is 0 Å². The van der Waals surface area contributed by atoms with Crippen LogP contribution in [0.5, 0.6) is 5.75 Å². The van der Waals surface area contributed by atoms with E-state index in [-0.39, 0.29) is 5.78 Å². The van der Waals surface area contributed by atoms with E-state index in [9.17, 15) is 4.79 Å². The number of carbonyl (C=O) groups excluding carboxylic acids is 1. The SMILES string of the molecule is COc1cc(Cl)ccc1C(=O)c1cc(Cl)sc1Cl. The Morgan fingerprint density at radius 1 is 1.17 bits per heavy atom. The largest absolute Gasteiger partial charge is 0.496 e. The van der Waals surface area contributed by atoms with E-state index in [4.69, 9.17) is 39.5 Å². The van der Waals surface area contributed by atoms with Crippen molar-refractivity contribution in [3.8, 4) is 5.75 Å². The molecule has 2 aromatic rings. The van der Waals surface area contributed by atoms with E-state index in [1.165, 1.54) is 7.11 Å². The van der Waals surface area contributed by atoms with Crippen LogP contribution < -0.4 is 4.74 Å². The highest BCUT2D eigenvalue weighted by molar-refractivity contribution is 7.20. The summed E-state index contributed by atoms with van der Waals surface area (Å²) in [5.74, 6) is 0.169. The lowest BCUT2D eigenvalue weighted by Crippen LogP contribution is -2.03. The summed E-state index contributed by atoms with van der Waals surface area (Å²) in [6, 6.07) is 6.35. The maximum atomic E-state index is 12.3. The predicted molar refractivity (Wildman–Crippen MR) is 75.8 cm³/mol. The third-order valence-corrected chi connectivity index (χ3v) is 4.03. The Morgan fingerprint density at radius 2 is 1.89 bits per heavy atom. The van der Waals surface area contributed by atoms with E-state index in [0.29, 0.717) is 30.6 Å². The van der Waals surface area contributed by atoms with Gasteiger partial charge in [0.15, 0.2) is 5.78 Å². The second-order valence-electron chi connectivity index (χ2n) is 3.41.